The summed E-state index contributed by atoms with van der Waals surface area (Å²) in [7, 11) is 0. The van der Waals surface area contributed by atoms with E-state index < -0.39 is 35.1 Å². The molecule has 4 heteroatoms. The third kappa shape index (κ3) is 1.03. The van der Waals surface area contributed by atoms with E-state index >= 15 is 0 Å². The largest absolute Gasteiger partial charge is 0.203 e. The lowest BCUT2D eigenvalue weighted by molar-refractivity contribution is 0.0319. The van der Waals surface area contributed by atoms with Gasteiger partial charge in [-0.15, -0.1) is 0 Å². The van der Waals surface area contributed by atoms with Gasteiger partial charge in [-0.05, 0) is 12.8 Å². The average Bonchev–Trinajstić information content (AvgIpc) is 2.52. The van der Waals surface area contributed by atoms with Crippen molar-refractivity contribution in [1.82, 2.24) is 0 Å². The Balaban J connectivity index is 1.89. The summed E-state index contributed by atoms with van der Waals surface area (Å²) in [5.41, 5.74) is -0.629. The Labute approximate surface area is 124 Å². The van der Waals surface area contributed by atoms with Gasteiger partial charge in [-0.3, -0.25) is 0 Å². The first-order valence-electron chi connectivity index (χ1n) is 7.43. The van der Waals surface area contributed by atoms with Gasteiger partial charge in [0.2, 0.25) is 0 Å². The van der Waals surface area contributed by atoms with Crippen molar-refractivity contribution in [3.63, 3.8) is 0 Å². The van der Waals surface area contributed by atoms with Crippen LogP contribution in [0.15, 0.2) is 36.5 Å². The smallest absolute Gasteiger partial charge is 0.197 e. The van der Waals surface area contributed by atoms with Gasteiger partial charge in [-0.1, -0.05) is 36.5 Å². The molecule has 0 fully saturated rings. The molecule has 0 heterocycles. The van der Waals surface area contributed by atoms with Crippen LogP contribution in [0.25, 0.3) is 0 Å². The number of halogens is 4. The van der Waals surface area contributed by atoms with E-state index in [1.165, 1.54) is 0 Å². The van der Waals surface area contributed by atoms with Crippen LogP contribution in [0.4, 0.5) is 17.6 Å². The van der Waals surface area contributed by atoms with Crippen LogP contribution in [0, 0.1) is 34.1 Å². The zero-order chi connectivity index (χ0) is 15.3. The number of benzene rings is 1. The maximum Gasteiger partial charge on any atom is 0.197 e. The van der Waals surface area contributed by atoms with E-state index in [0.29, 0.717) is 12.8 Å². The van der Waals surface area contributed by atoms with Gasteiger partial charge in [0.05, 0.1) is 0 Å². The molecular weight excluding hydrogens is 292 g/mol. The summed E-state index contributed by atoms with van der Waals surface area (Å²) in [5, 5.41) is 0. The first-order chi connectivity index (χ1) is 10.5. The lowest BCUT2D eigenvalue weighted by Gasteiger charge is -2.66. The van der Waals surface area contributed by atoms with Crippen molar-refractivity contribution in [3.8, 4) is 0 Å². The predicted octanol–water partition coefficient (Wildman–Crippen LogP) is 4.89. The topological polar surface area (TPSA) is 0 Å². The highest BCUT2D eigenvalue weighted by atomic mass is 19.2. The van der Waals surface area contributed by atoms with Crippen molar-refractivity contribution in [1.29, 1.82) is 0 Å². The molecule has 0 aromatic heterocycles. The van der Waals surface area contributed by atoms with Crippen LogP contribution < -0.4 is 0 Å². The normalized spacial score (nSPS) is 39.3. The van der Waals surface area contributed by atoms with Gasteiger partial charge in [-0.25, -0.2) is 17.6 Å². The summed E-state index contributed by atoms with van der Waals surface area (Å²) < 4.78 is 56.2. The molecule has 1 aromatic rings. The Morgan fingerprint density at radius 2 is 1.09 bits per heavy atom. The zero-order valence-electron chi connectivity index (χ0n) is 11.5. The van der Waals surface area contributed by atoms with Crippen LogP contribution in [-0.4, -0.2) is 0 Å². The molecular formula is C18H12F4. The fourth-order valence-electron chi connectivity index (χ4n) is 5.17. The Morgan fingerprint density at radius 1 is 0.682 bits per heavy atom. The summed E-state index contributed by atoms with van der Waals surface area (Å²) in [6.07, 6.45) is 13.3. The molecule has 1 aromatic carbocycles. The highest BCUT2D eigenvalue weighted by Gasteiger charge is 2.67. The third-order valence-corrected chi connectivity index (χ3v) is 6.19. The van der Waals surface area contributed by atoms with E-state index in [9.17, 15) is 17.6 Å². The van der Waals surface area contributed by atoms with Crippen molar-refractivity contribution in [3.05, 3.63) is 70.9 Å². The van der Waals surface area contributed by atoms with E-state index in [2.05, 4.69) is 0 Å². The van der Waals surface area contributed by atoms with Gasteiger partial charge in [0.25, 0.3) is 0 Å². The Hall–Kier alpha value is -1.84. The minimum absolute atomic E-state index is 0.0131. The molecule has 4 atom stereocenters. The van der Waals surface area contributed by atoms with Gasteiger partial charge >= 0.3 is 0 Å². The molecule has 5 aliphatic carbocycles. The third-order valence-electron chi connectivity index (χ3n) is 6.19. The van der Waals surface area contributed by atoms with Crippen LogP contribution in [0.1, 0.15) is 35.8 Å². The summed E-state index contributed by atoms with van der Waals surface area (Å²) in [5.74, 6) is -6.74. The predicted molar refractivity (Wildman–Crippen MR) is 73.3 cm³/mol. The van der Waals surface area contributed by atoms with E-state index in [0.717, 1.165) is 0 Å². The molecule has 5 aliphatic rings. The quantitative estimate of drug-likeness (QED) is 0.277. The van der Waals surface area contributed by atoms with Crippen LogP contribution in [0.3, 0.4) is 0 Å². The van der Waals surface area contributed by atoms with E-state index in [1.54, 1.807) is 0 Å². The molecule has 0 aliphatic heterocycles. The van der Waals surface area contributed by atoms with E-state index in [1.807, 2.05) is 36.5 Å². The van der Waals surface area contributed by atoms with Gasteiger partial charge in [-0.2, -0.15) is 0 Å². The summed E-state index contributed by atoms with van der Waals surface area (Å²) in [4.78, 5) is 0. The lowest BCUT2D eigenvalue weighted by Crippen LogP contribution is -2.58. The van der Waals surface area contributed by atoms with Crippen molar-refractivity contribution in [2.24, 2.45) is 10.8 Å². The Kier molecular flexibility index (Phi) is 2.05. The molecule has 2 bridgehead atoms. The summed E-state index contributed by atoms with van der Waals surface area (Å²) in [6.45, 7) is 0. The van der Waals surface area contributed by atoms with Crippen molar-refractivity contribution >= 4 is 0 Å². The molecule has 0 nitrogen and oxygen atoms in total. The number of rotatable bonds is 0. The molecule has 0 amide bonds. The molecule has 0 saturated carbocycles. The second-order valence-corrected chi connectivity index (χ2v) is 6.72. The van der Waals surface area contributed by atoms with Gasteiger partial charge in [0, 0.05) is 33.8 Å². The van der Waals surface area contributed by atoms with Crippen LogP contribution >= 0.6 is 0 Å². The second-order valence-electron chi connectivity index (χ2n) is 6.72. The maximum absolute atomic E-state index is 14.4. The van der Waals surface area contributed by atoms with E-state index in [4.69, 9.17) is 0 Å². The highest BCUT2D eigenvalue weighted by Crippen LogP contribution is 2.75. The second kappa shape index (κ2) is 3.55. The molecule has 22 heavy (non-hydrogen) atoms. The van der Waals surface area contributed by atoms with Gasteiger partial charge < -0.3 is 0 Å². The minimum atomic E-state index is -1.70. The van der Waals surface area contributed by atoms with Crippen LogP contribution in [0.2, 0.25) is 0 Å². The van der Waals surface area contributed by atoms with Gasteiger partial charge in [0.1, 0.15) is 0 Å². The Bertz CT molecular complexity index is 754. The fraction of sp³-hybridized carbons (Fsp3) is 0.333. The number of hydrogen-bond acceptors (Lipinski definition) is 0. The molecule has 0 saturated heterocycles. The van der Waals surface area contributed by atoms with Crippen LogP contribution in [-0.2, 0) is 0 Å². The number of allylic oxidation sites excluding steroid dienone is 6. The van der Waals surface area contributed by atoms with Gasteiger partial charge in [0.15, 0.2) is 23.3 Å². The molecule has 112 valence electrons. The molecule has 0 N–H and O–H groups in total. The first kappa shape index (κ1) is 12.7. The number of hydrogen-bond donors (Lipinski definition) is 0. The van der Waals surface area contributed by atoms with Crippen molar-refractivity contribution in [2.45, 2.75) is 24.7 Å². The lowest BCUT2D eigenvalue weighted by atomic mass is 9.36. The molecule has 0 unspecified atom stereocenters. The van der Waals surface area contributed by atoms with Crippen molar-refractivity contribution in [2.75, 3.05) is 0 Å². The van der Waals surface area contributed by atoms with Crippen LogP contribution in [0.5, 0.6) is 0 Å². The molecule has 0 spiro atoms. The SMILES string of the molecule is Fc1c(F)c(F)c2c(c1F)[C@H]1C=C[C@H]2[C@]23C=C[C@]12CC=CC3. The highest BCUT2D eigenvalue weighted by molar-refractivity contribution is 5.58. The standard InChI is InChI=1S/C18H12F4/c19-13-11-9-3-4-10(12(11)14(20)16(22)15(13)21)18-6-2-1-5-17(9,18)7-8-18/h1-4,7-10H,5-6H2/t9-,10-,17-,18+/m1/s1. The first-order valence-corrected chi connectivity index (χ1v) is 7.43. The average molecular weight is 304 g/mol. The summed E-state index contributed by atoms with van der Waals surface area (Å²) >= 11 is 0. The van der Waals surface area contributed by atoms with Crippen molar-refractivity contribution < 1.29 is 17.6 Å². The summed E-state index contributed by atoms with van der Waals surface area (Å²) in [6, 6.07) is 0. The fourth-order valence-corrected chi connectivity index (χ4v) is 5.17. The monoisotopic (exact) mass is 304 g/mol. The minimum Gasteiger partial charge on any atom is -0.203 e. The van der Waals surface area contributed by atoms with E-state index in [-0.39, 0.29) is 22.0 Å². The molecule has 0 radical (unpaired) electrons. The Morgan fingerprint density at radius 3 is 1.45 bits per heavy atom. The maximum atomic E-state index is 14.4. The molecule has 6 rings (SSSR count). The zero-order valence-corrected chi connectivity index (χ0v) is 11.5.